The Hall–Kier alpha value is -2.69. The molecule has 2 aromatic rings. The summed E-state index contributed by atoms with van der Waals surface area (Å²) in [6, 6.07) is 10.6. The lowest BCUT2D eigenvalue weighted by Gasteiger charge is -2.07. The van der Waals surface area contributed by atoms with E-state index >= 15 is 0 Å². The second-order valence-corrected chi connectivity index (χ2v) is 4.25. The van der Waals surface area contributed by atoms with Gasteiger partial charge in [0.15, 0.2) is 11.6 Å². The molecule has 21 heavy (non-hydrogen) atoms. The molecule has 0 aliphatic carbocycles. The predicted octanol–water partition coefficient (Wildman–Crippen LogP) is 3.64. The van der Waals surface area contributed by atoms with Gasteiger partial charge in [0.05, 0.1) is 0 Å². The number of benzene rings is 2. The number of halogens is 2. The third kappa shape index (κ3) is 4.14. The fourth-order valence-electron chi connectivity index (χ4n) is 1.65. The van der Waals surface area contributed by atoms with Crippen LogP contribution >= 0.6 is 0 Å². The van der Waals surface area contributed by atoms with Gasteiger partial charge in [0, 0.05) is 6.08 Å². The molecule has 3 nitrogen and oxygen atoms in total. The largest absolute Gasteiger partial charge is 0.486 e. The van der Waals surface area contributed by atoms with Crippen LogP contribution in [0.4, 0.5) is 8.78 Å². The molecule has 0 heterocycles. The van der Waals surface area contributed by atoms with Crippen molar-refractivity contribution < 1.29 is 23.4 Å². The number of ether oxygens (including phenoxy) is 1. The average Bonchev–Trinajstić information content (AvgIpc) is 2.48. The molecule has 0 spiro atoms. The van der Waals surface area contributed by atoms with Crippen LogP contribution in [0.15, 0.2) is 48.5 Å². The summed E-state index contributed by atoms with van der Waals surface area (Å²) in [5.41, 5.74) is 1.48. The van der Waals surface area contributed by atoms with Crippen LogP contribution in [0.5, 0.6) is 5.75 Å². The van der Waals surface area contributed by atoms with Crippen molar-refractivity contribution in [3.8, 4) is 5.75 Å². The van der Waals surface area contributed by atoms with Gasteiger partial charge in [-0.2, -0.15) is 4.39 Å². The lowest BCUT2D eigenvalue weighted by atomic mass is 10.1. The molecule has 0 aliphatic rings. The van der Waals surface area contributed by atoms with Gasteiger partial charge in [-0.05, 0) is 29.3 Å². The maximum absolute atomic E-state index is 13.4. The Morgan fingerprint density at radius 3 is 2.52 bits per heavy atom. The van der Waals surface area contributed by atoms with Gasteiger partial charge in [0.2, 0.25) is 5.82 Å². The minimum atomic E-state index is -1.02. The summed E-state index contributed by atoms with van der Waals surface area (Å²) >= 11 is 0. The van der Waals surface area contributed by atoms with Gasteiger partial charge in [-0.1, -0.05) is 30.3 Å². The van der Waals surface area contributed by atoms with Crippen molar-refractivity contribution in [2.75, 3.05) is 0 Å². The molecule has 2 rings (SSSR count). The quantitative estimate of drug-likeness (QED) is 0.855. The number of rotatable bonds is 5. The van der Waals surface area contributed by atoms with E-state index in [4.69, 9.17) is 9.84 Å². The van der Waals surface area contributed by atoms with Crippen LogP contribution in [0.3, 0.4) is 0 Å². The third-order valence-electron chi connectivity index (χ3n) is 2.71. The summed E-state index contributed by atoms with van der Waals surface area (Å²) in [7, 11) is 0. The Labute approximate surface area is 120 Å². The first-order valence-electron chi connectivity index (χ1n) is 6.13. The zero-order chi connectivity index (χ0) is 15.2. The predicted molar refractivity (Wildman–Crippen MR) is 73.8 cm³/mol. The van der Waals surface area contributed by atoms with Crippen molar-refractivity contribution in [3.63, 3.8) is 0 Å². The first-order valence-corrected chi connectivity index (χ1v) is 6.13. The van der Waals surface area contributed by atoms with Crippen LogP contribution in [0.2, 0.25) is 0 Å². The van der Waals surface area contributed by atoms with E-state index in [2.05, 4.69) is 0 Å². The zero-order valence-corrected chi connectivity index (χ0v) is 10.9. The smallest absolute Gasteiger partial charge is 0.328 e. The van der Waals surface area contributed by atoms with Gasteiger partial charge >= 0.3 is 5.97 Å². The highest BCUT2D eigenvalue weighted by Gasteiger charge is 2.08. The van der Waals surface area contributed by atoms with Crippen LogP contribution in [0.25, 0.3) is 6.08 Å². The summed E-state index contributed by atoms with van der Waals surface area (Å²) in [6.45, 7) is 0.0866. The van der Waals surface area contributed by atoms with Gasteiger partial charge in [0.25, 0.3) is 0 Å². The van der Waals surface area contributed by atoms with Gasteiger partial charge in [0.1, 0.15) is 6.61 Å². The Balaban J connectivity index is 2.01. The van der Waals surface area contributed by atoms with E-state index < -0.39 is 17.6 Å². The Morgan fingerprint density at radius 1 is 1.14 bits per heavy atom. The molecule has 0 saturated heterocycles. The molecule has 0 atom stereocenters. The summed E-state index contributed by atoms with van der Waals surface area (Å²) < 4.78 is 31.6. The molecule has 0 radical (unpaired) electrons. The monoisotopic (exact) mass is 290 g/mol. The minimum absolute atomic E-state index is 0.0866. The second-order valence-electron chi connectivity index (χ2n) is 4.25. The summed E-state index contributed by atoms with van der Waals surface area (Å²) in [6.07, 6.45) is 2.49. The molecular weight excluding hydrogens is 278 g/mol. The average molecular weight is 290 g/mol. The Bertz CT molecular complexity index is 664. The maximum atomic E-state index is 13.4. The SMILES string of the molecule is O=C(O)C=Cc1ccc(COc2cccc(F)c2F)cc1. The van der Waals surface area contributed by atoms with Crippen molar-refractivity contribution in [3.05, 3.63) is 71.3 Å². The lowest BCUT2D eigenvalue weighted by molar-refractivity contribution is -0.131. The standard InChI is InChI=1S/C16H12F2O3/c17-13-2-1-3-14(16(13)18)21-10-12-6-4-11(5-7-12)8-9-15(19)20/h1-9H,10H2,(H,19,20). The molecule has 0 amide bonds. The number of aliphatic carboxylic acids is 1. The van der Waals surface area contributed by atoms with Crippen LogP contribution < -0.4 is 4.74 Å². The number of carboxylic acid groups (broad SMARTS) is 1. The van der Waals surface area contributed by atoms with Crippen molar-refractivity contribution in [1.29, 1.82) is 0 Å². The molecule has 0 bridgehead atoms. The lowest BCUT2D eigenvalue weighted by Crippen LogP contribution is -1.98. The van der Waals surface area contributed by atoms with E-state index in [1.165, 1.54) is 18.2 Å². The molecule has 2 aromatic carbocycles. The molecule has 0 aromatic heterocycles. The van der Waals surface area contributed by atoms with Crippen molar-refractivity contribution in [1.82, 2.24) is 0 Å². The van der Waals surface area contributed by atoms with Gasteiger partial charge in [-0.25, -0.2) is 9.18 Å². The topological polar surface area (TPSA) is 46.5 Å². The minimum Gasteiger partial charge on any atom is -0.486 e. The van der Waals surface area contributed by atoms with Crippen LogP contribution in [0.1, 0.15) is 11.1 Å². The molecule has 1 N–H and O–H groups in total. The number of hydrogen-bond donors (Lipinski definition) is 1. The molecule has 5 heteroatoms. The van der Waals surface area contributed by atoms with E-state index in [0.717, 1.165) is 23.3 Å². The first-order chi connectivity index (χ1) is 10.1. The molecule has 0 aliphatic heterocycles. The first kappa shape index (κ1) is 14.7. The van der Waals surface area contributed by atoms with Gasteiger partial charge in [-0.15, -0.1) is 0 Å². The summed E-state index contributed by atoms with van der Waals surface area (Å²) in [5, 5.41) is 8.52. The molecule has 0 unspecified atom stereocenters. The molecule has 0 fully saturated rings. The number of carbonyl (C=O) groups is 1. The third-order valence-corrected chi connectivity index (χ3v) is 2.71. The zero-order valence-electron chi connectivity index (χ0n) is 10.9. The van der Waals surface area contributed by atoms with Crippen LogP contribution in [-0.4, -0.2) is 11.1 Å². The second kappa shape index (κ2) is 6.65. The fraction of sp³-hybridized carbons (Fsp3) is 0.0625. The fourth-order valence-corrected chi connectivity index (χ4v) is 1.65. The van der Waals surface area contributed by atoms with Gasteiger partial charge < -0.3 is 9.84 Å². The number of carboxylic acids is 1. The number of hydrogen-bond acceptors (Lipinski definition) is 2. The van der Waals surface area contributed by atoms with Gasteiger partial charge in [-0.3, -0.25) is 0 Å². The van der Waals surface area contributed by atoms with E-state index in [-0.39, 0.29) is 12.4 Å². The highest BCUT2D eigenvalue weighted by Crippen LogP contribution is 2.20. The highest BCUT2D eigenvalue weighted by atomic mass is 19.2. The Kier molecular flexibility index (Phi) is 4.66. The van der Waals surface area contributed by atoms with Crippen LogP contribution in [0, 0.1) is 11.6 Å². The van der Waals surface area contributed by atoms with E-state index in [9.17, 15) is 13.6 Å². The van der Waals surface area contributed by atoms with Crippen molar-refractivity contribution >= 4 is 12.0 Å². The summed E-state index contributed by atoms with van der Waals surface area (Å²) in [5.74, 6) is -3.14. The van der Waals surface area contributed by atoms with Crippen molar-refractivity contribution in [2.45, 2.75) is 6.61 Å². The normalized spacial score (nSPS) is 10.8. The summed E-state index contributed by atoms with van der Waals surface area (Å²) in [4.78, 5) is 10.4. The van der Waals surface area contributed by atoms with E-state index in [1.807, 2.05) is 0 Å². The van der Waals surface area contributed by atoms with Crippen molar-refractivity contribution in [2.24, 2.45) is 0 Å². The molecule has 0 saturated carbocycles. The Morgan fingerprint density at radius 2 is 1.86 bits per heavy atom. The van der Waals surface area contributed by atoms with E-state index in [0.29, 0.717) is 0 Å². The highest BCUT2D eigenvalue weighted by molar-refractivity contribution is 5.85. The molecule has 108 valence electrons. The maximum Gasteiger partial charge on any atom is 0.328 e. The van der Waals surface area contributed by atoms with Crippen LogP contribution in [-0.2, 0) is 11.4 Å². The van der Waals surface area contributed by atoms with E-state index in [1.54, 1.807) is 24.3 Å². The molecular formula is C16H12F2O3.